The van der Waals surface area contributed by atoms with Crippen LogP contribution in [0.5, 0.6) is 0 Å². The predicted molar refractivity (Wildman–Crippen MR) is 125 cm³/mol. The van der Waals surface area contributed by atoms with Gasteiger partial charge in [0.15, 0.2) is 0 Å². The molecule has 1 atom stereocenters. The largest absolute Gasteiger partial charge is 0.481 e. The molecule has 0 amide bonds. The summed E-state index contributed by atoms with van der Waals surface area (Å²) >= 11 is 0. The van der Waals surface area contributed by atoms with Crippen LogP contribution in [0.1, 0.15) is 18.1 Å². The van der Waals surface area contributed by atoms with Crippen LogP contribution in [0.4, 0.5) is 0 Å². The Bertz CT molecular complexity index is 1560. The topological polar surface area (TPSA) is 37.3 Å². The fourth-order valence-electron chi connectivity index (χ4n) is 4.74. The SMILES string of the molecule is CC1(C(=O)O)C=Cc2cc3cc4cc5cc6ccccc6cc5cc4cc3cc2C1. The van der Waals surface area contributed by atoms with Gasteiger partial charge in [0.05, 0.1) is 5.41 Å². The third kappa shape index (κ3) is 2.54. The number of hydrogen-bond donors (Lipinski definition) is 1. The summed E-state index contributed by atoms with van der Waals surface area (Å²) in [6, 6.07) is 26.3. The summed E-state index contributed by atoms with van der Waals surface area (Å²) < 4.78 is 0. The van der Waals surface area contributed by atoms with Gasteiger partial charge in [-0.1, -0.05) is 42.5 Å². The van der Waals surface area contributed by atoms with Crippen LogP contribution in [0, 0.1) is 5.41 Å². The quantitative estimate of drug-likeness (QED) is 0.315. The van der Waals surface area contributed by atoms with Crippen LogP contribution in [-0.4, -0.2) is 11.1 Å². The monoisotopic (exact) mass is 388 g/mol. The number of aliphatic carboxylic acids is 1. The normalized spacial score (nSPS) is 18.3. The fourth-order valence-corrected chi connectivity index (χ4v) is 4.74. The first kappa shape index (κ1) is 17.2. The van der Waals surface area contributed by atoms with E-state index < -0.39 is 11.4 Å². The van der Waals surface area contributed by atoms with E-state index in [1.165, 1.54) is 37.7 Å². The third-order valence-corrected chi connectivity index (χ3v) is 6.55. The molecule has 0 fully saturated rings. The van der Waals surface area contributed by atoms with Gasteiger partial charge in [-0.3, -0.25) is 4.79 Å². The van der Waals surface area contributed by atoms with Crippen molar-refractivity contribution in [1.82, 2.24) is 0 Å². The van der Waals surface area contributed by atoms with E-state index in [-0.39, 0.29) is 0 Å². The lowest BCUT2D eigenvalue weighted by molar-refractivity contribution is -0.145. The summed E-state index contributed by atoms with van der Waals surface area (Å²) in [6.07, 6.45) is 4.30. The molecule has 0 bridgehead atoms. The highest BCUT2D eigenvalue weighted by molar-refractivity contribution is 6.08. The Labute approximate surface area is 174 Å². The first-order valence-corrected chi connectivity index (χ1v) is 10.2. The van der Waals surface area contributed by atoms with Crippen LogP contribution >= 0.6 is 0 Å². The van der Waals surface area contributed by atoms with E-state index in [0.29, 0.717) is 6.42 Å². The molecule has 0 aliphatic heterocycles. The van der Waals surface area contributed by atoms with Gasteiger partial charge < -0.3 is 5.11 Å². The number of fused-ring (bicyclic) bond motifs is 5. The van der Waals surface area contributed by atoms with E-state index in [1.807, 2.05) is 12.2 Å². The first-order valence-electron chi connectivity index (χ1n) is 10.2. The molecule has 0 saturated carbocycles. The van der Waals surface area contributed by atoms with Gasteiger partial charge in [0.25, 0.3) is 0 Å². The summed E-state index contributed by atoms with van der Waals surface area (Å²) in [6.45, 7) is 1.79. The van der Waals surface area contributed by atoms with Crippen molar-refractivity contribution >= 4 is 55.1 Å². The number of carbonyl (C=O) groups is 1. The number of carboxylic acid groups (broad SMARTS) is 1. The second kappa shape index (κ2) is 5.93. The van der Waals surface area contributed by atoms with Crippen LogP contribution in [0.25, 0.3) is 49.2 Å². The maximum Gasteiger partial charge on any atom is 0.313 e. The van der Waals surface area contributed by atoms with Crippen molar-refractivity contribution in [1.29, 1.82) is 0 Å². The van der Waals surface area contributed by atoms with Gasteiger partial charge in [-0.2, -0.15) is 0 Å². The Morgan fingerprint density at radius 3 is 1.73 bits per heavy atom. The average Bonchev–Trinajstić information content (AvgIpc) is 2.73. The zero-order valence-corrected chi connectivity index (χ0v) is 16.6. The van der Waals surface area contributed by atoms with E-state index in [4.69, 9.17) is 0 Å². The molecule has 6 rings (SSSR count). The summed E-state index contributed by atoms with van der Waals surface area (Å²) in [4.78, 5) is 11.7. The highest BCUT2D eigenvalue weighted by atomic mass is 16.4. The summed E-state index contributed by atoms with van der Waals surface area (Å²) in [7, 11) is 0. The standard InChI is InChI=1S/C28H20O2/c1-28(27(29)30)7-6-19-10-22-13-23-11-20-8-17-4-2-3-5-18(17)9-21(20)12-24(23)14-25(22)15-26(19)16-28/h2-15H,16H2,1H3,(H,29,30). The van der Waals surface area contributed by atoms with Gasteiger partial charge in [0.1, 0.15) is 0 Å². The Hall–Kier alpha value is -3.65. The van der Waals surface area contributed by atoms with Gasteiger partial charge in [0, 0.05) is 0 Å². The molecule has 1 N–H and O–H groups in total. The number of benzene rings is 5. The molecule has 0 saturated heterocycles. The molecule has 0 spiro atoms. The lowest BCUT2D eigenvalue weighted by Gasteiger charge is -2.26. The van der Waals surface area contributed by atoms with Gasteiger partial charge in [0.2, 0.25) is 0 Å². The highest BCUT2D eigenvalue weighted by Crippen LogP contribution is 2.36. The van der Waals surface area contributed by atoms with Gasteiger partial charge in [-0.15, -0.1) is 0 Å². The first-order chi connectivity index (χ1) is 14.5. The minimum atomic E-state index is -0.839. The molecule has 0 heterocycles. The second-order valence-electron chi connectivity index (χ2n) is 8.73. The van der Waals surface area contributed by atoms with Crippen LogP contribution in [-0.2, 0) is 11.2 Å². The van der Waals surface area contributed by atoms with E-state index in [1.54, 1.807) is 6.92 Å². The van der Waals surface area contributed by atoms with Gasteiger partial charge >= 0.3 is 5.97 Å². The second-order valence-corrected chi connectivity index (χ2v) is 8.73. The lowest BCUT2D eigenvalue weighted by atomic mass is 9.77. The Balaban J connectivity index is 1.58. The minimum Gasteiger partial charge on any atom is -0.481 e. The summed E-state index contributed by atoms with van der Waals surface area (Å²) in [5, 5.41) is 19.4. The molecule has 1 unspecified atom stereocenters. The molecule has 0 radical (unpaired) electrons. The Morgan fingerprint density at radius 2 is 1.20 bits per heavy atom. The summed E-state index contributed by atoms with van der Waals surface area (Å²) in [5.41, 5.74) is 1.38. The van der Waals surface area contributed by atoms with Crippen molar-refractivity contribution in [3.8, 4) is 0 Å². The Morgan fingerprint density at radius 1 is 0.733 bits per heavy atom. The lowest BCUT2D eigenvalue weighted by Crippen LogP contribution is -2.29. The third-order valence-electron chi connectivity index (χ3n) is 6.55. The fraction of sp³-hybridized carbons (Fsp3) is 0.107. The van der Waals surface area contributed by atoms with Crippen LogP contribution in [0.3, 0.4) is 0 Å². The highest BCUT2D eigenvalue weighted by Gasteiger charge is 2.33. The smallest absolute Gasteiger partial charge is 0.313 e. The molecule has 1 aliphatic carbocycles. The van der Waals surface area contributed by atoms with Crippen molar-refractivity contribution in [2.75, 3.05) is 0 Å². The van der Waals surface area contributed by atoms with Crippen molar-refractivity contribution in [3.63, 3.8) is 0 Å². The zero-order valence-electron chi connectivity index (χ0n) is 16.6. The maximum absolute atomic E-state index is 11.7. The van der Waals surface area contributed by atoms with Crippen molar-refractivity contribution in [2.45, 2.75) is 13.3 Å². The van der Waals surface area contributed by atoms with E-state index in [9.17, 15) is 9.90 Å². The van der Waals surface area contributed by atoms with Crippen LogP contribution in [0.2, 0.25) is 0 Å². The maximum atomic E-state index is 11.7. The molecular weight excluding hydrogens is 368 g/mol. The molecule has 2 heteroatoms. The van der Waals surface area contributed by atoms with Crippen molar-refractivity contribution in [2.24, 2.45) is 5.41 Å². The molecule has 5 aromatic rings. The number of hydrogen-bond acceptors (Lipinski definition) is 1. The van der Waals surface area contributed by atoms with Gasteiger partial charge in [-0.25, -0.2) is 0 Å². The Kier molecular flexibility index (Phi) is 3.41. The summed E-state index contributed by atoms with van der Waals surface area (Å²) in [5.74, 6) is -0.776. The number of rotatable bonds is 1. The predicted octanol–water partition coefficient (Wildman–Crippen LogP) is 6.96. The number of carboxylic acids is 1. The molecule has 0 aromatic heterocycles. The van der Waals surface area contributed by atoms with Crippen LogP contribution in [0.15, 0.2) is 78.9 Å². The van der Waals surface area contributed by atoms with Gasteiger partial charge in [-0.05, 0) is 110 Å². The van der Waals surface area contributed by atoms with Crippen molar-refractivity contribution in [3.05, 3.63) is 90.0 Å². The zero-order chi connectivity index (χ0) is 20.5. The average molecular weight is 388 g/mol. The molecule has 2 nitrogen and oxygen atoms in total. The molecular formula is C28H20O2. The molecule has 1 aliphatic rings. The minimum absolute atomic E-state index is 0.520. The van der Waals surface area contributed by atoms with Crippen LogP contribution < -0.4 is 0 Å². The molecule has 5 aromatic carbocycles. The van der Waals surface area contributed by atoms with E-state index in [2.05, 4.69) is 72.8 Å². The van der Waals surface area contributed by atoms with E-state index >= 15 is 0 Å². The van der Waals surface area contributed by atoms with E-state index in [0.717, 1.165) is 16.5 Å². The molecule has 30 heavy (non-hydrogen) atoms. The molecule has 144 valence electrons. The van der Waals surface area contributed by atoms with Crippen molar-refractivity contribution < 1.29 is 9.90 Å².